The molecule has 4 rings (SSSR count). The number of hydrogen-bond donors (Lipinski definition) is 3. The lowest BCUT2D eigenvalue weighted by atomic mass is 9.80. The molecule has 41 heavy (non-hydrogen) atoms. The lowest BCUT2D eigenvalue weighted by Crippen LogP contribution is -2.51. The molecule has 1 aromatic rings. The molecule has 0 bridgehead atoms. The molecule has 2 fully saturated rings. The van der Waals surface area contributed by atoms with E-state index in [0.717, 1.165) is 49.9 Å². The molecular formula is C31H45N5O4S. The number of methoxy groups -OCH3 is 2. The van der Waals surface area contributed by atoms with Crippen LogP contribution in [0, 0.1) is 0 Å². The SMILES string of the molecule is COC(=O)C1=C(C)NC(C)=C(C(=O)OC)C1c1cccc(NC(=S)NCCCN2CCN(C3CCCCC3)CC2)c1. The molecule has 0 atom stereocenters. The largest absolute Gasteiger partial charge is 0.466 e. The summed E-state index contributed by atoms with van der Waals surface area (Å²) in [6.07, 6.45) is 7.96. The highest BCUT2D eigenvalue weighted by Crippen LogP contribution is 2.39. The van der Waals surface area contributed by atoms with Gasteiger partial charge in [0.05, 0.1) is 31.3 Å². The minimum absolute atomic E-state index is 0.371. The van der Waals surface area contributed by atoms with Gasteiger partial charge < -0.3 is 30.3 Å². The van der Waals surface area contributed by atoms with Gasteiger partial charge >= 0.3 is 11.9 Å². The quantitative estimate of drug-likeness (QED) is 0.226. The summed E-state index contributed by atoms with van der Waals surface area (Å²) < 4.78 is 10.1. The van der Waals surface area contributed by atoms with Crippen molar-refractivity contribution in [1.82, 2.24) is 20.4 Å². The first-order valence-electron chi connectivity index (χ1n) is 14.8. The van der Waals surface area contributed by atoms with Gasteiger partial charge in [0.15, 0.2) is 5.11 Å². The Morgan fingerprint density at radius 2 is 1.61 bits per heavy atom. The maximum absolute atomic E-state index is 12.8. The van der Waals surface area contributed by atoms with Gasteiger partial charge in [0.25, 0.3) is 0 Å². The Morgan fingerprint density at radius 3 is 2.22 bits per heavy atom. The van der Waals surface area contributed by atoms with Gasteiger partial charge in [-0.2, -0.15) is 0 Å². The van der Waals surface area contributed by atoms with Crippen molar-refractivity contribution in [3.8, 4) is 0 Å². The summed E-state index contributed by atoms with van der Waals surface area (Å²) in [4.78, 5) is 30.8. The van der Waals surface area contributed by atoms with E-state index in [2.05, 4.69) is 25.8 Å². The molecule has 0 radical (unpaired) electrons. The van der Waals surface area contributed by atoms with Crippen molar-refractivity contribution >= 4 is 35.0 Å². The summed E-state index contributed by atoms with van der Waals surface area (Å²) >= 11 is 5.58. The highest BCUT2D eigenvalue weighted by atomic mass is 32.1. The number of benzene rings is 1. The molecule has 9 nitrogen and oxygen atoms in total. The molecule has 0 spiro atoms. The minimum atomic E-state index is -0.641. The molecule has 224 valence electrons. The molecular weight excluding hydrogens is 538 g/mol. The van der Waals surface area contributed by atoms with E-state index in [4.69, 9.17) is 21.7 Å². The Kier molecular flexibility index (Phi) is 11.2. The van der Waals surface area contributed by atoms with Gasteiger partial charge in [-0.1, -0.05) is 31.4 Å². The molecule has 3 N–H and O–H groups in total. The summed E-state index contributed by atoms with van der Waals surface area (Å²) in [5.41, 5.74) is 3.54. The molecule has 1 saturated carbocycles. The number of nitrogens with one attached hydrogen (secondary N) is 3. The van der Waals surface area contributed by atoms with Crippen LogP contribution in [0.5, 0.6) is 0 Å². The molecule has 2 heterocycles. The molecule has 2 aliphatic heterocycles. The van der Waals surface area contributed by atoms with Crippen LogP contribution in [0.25, 0.3) is 0 Å². The van der Waals surface area contributed by atoms with Crippen LogP contribution in [0.4, 0.5) is 5.69 Å². The summed E-state index contributed by atoms with van der Waals surface area (Å²) in [6.45, 7) is 10.1. The van der Waals surface area contributed by atoms with E-state index in [-0.39, 0.29) is 0 Å². The summed E-state index contributed by atoms with van der Waals surface area (Å²) in [5, 5.41) is 10.3. The second kappa shape index (κ2) is 14.8. The predicted octanol–water partition coefficient (Wildman–Crippen LogP) is 3.89. The predicted molar refractivity (Wildman–Crippen MR) is 165 cm³/mol. The average Bonchev–Trinajstić information content (AvgIpc) is 2.99. The van der Waals surface area contributed by atoms with Crippen molar-refractivity contribution in [2.45, 2.75) is 64.3 Å². The summed E-state index contributed by atoms with van der Waals surface area (Å²) in [5.74, 6) is -1.64. The van der Waals surface area contributed by atoms with E-state index in [1.807, 2.05) is 24.3 Å². The second-order valence-corrected chi connectivity index (χ2v) is 11.6. The normalized spacial score (nSPS) is 19.5. The Balaban J connectivity index is 1.31. The Hall–Kier alpha value is -2.95. The first-order valence-corrected chi connectivity index (χ1v) is 15.2. The van der Waals surface area contributed by atoms with Gasteiger partial charge in [-0.05, 0) is 69.6 Å². The fourth-order valence-corrected chi connectivity index (χ4v) is 6.58. The summed E-state index contributed by atoms with van der Waals surface area (Å²) in [6, 6.07) is 8.39. The van der Waals surface area contributed by atoms with Gasteiger partial charge in [0, 0.05) is 55.8 Å². The monoisotopic (exact) mass is 583 g/mol. The number of ether oxygens (including phenoxy) is 2. The zero-order valence-corrected chi connectivity index (χ0v) is 25.7. The third kappa shape index (κ3) is 7.87. The van der Waals surface area contributed by atoms with Crippen molar-refractivity contribution in [2.75, 3.05) is 58.8 Å². The van der Waals surface area contributed by atoms with E-state index < -0.39 is 17.9 Å². The standard InChI is InChI=1S/C31H45N5O4S/c1-21-26(29(37)39-3)28(27(22(2)33-21)30(38)40-4)23-10-8-11-24(20-23)34-31(41)32-14-9-15-35-16-18-36(19-17-35)25-12-6-5-7-13-25/h8,10-11,20,25,28,33H,5-7,9,12-19H2,1-4H3,(H2,32,34,41). The number of thiocarbonyl (C=S) groups is 1. The number of piperazine rings is 1. The van der Waals surface area contributed by atoms with Crippen LogP contribution in [0.3, 0.4) is 0 Å². The Bertz CT molecular complexity index is 1130. The molecule has 0 amide bonds. The van der Waals surface area contributed by atoms with E-state index in [1.165, 1.54) is 59.4 Å². The lowest BCUT2D eigenvalue weighted by Gasteiger charge is -2.40. The smallest absolute Gasteiger partial charge is 0.336 e. The Labute approximate surface area is 249 Å². The minimum Gasteiger partial charge on any atom is -0.466 e. The van der Waals surface area contributed by atoms with Crippen LogP contribution >= 0.6 is 12.2 Å². The van der Waals surface area contributed by atoms with Crippen LogP contribution in [-0.2, 0) is 19.1 Å². The number of dihydropyridines is 1. The number of esters is 2. The van der Waals surface area contributed by atoms with E-state index in [1.54, 1.807) is 13.8 Å². The van der Waals surface area contributed by atoms with Gasteiger partial charge in [-0.3, -0.25) is 4.90 Å². The van der Waals surface area contributed by atoms with E-state index in [9.17, 15) is 9.59 Å². The number of anilines is 1. The Morgan fingerprint density at radius 1 is 0.976 bits per heavy atom. The van der Waals surface area contributed by atoms with Crippen molar-refractivity contribution < 1.29 is 19.1 Å². The third-order valence-electron chi connectivity index (χ3n) is 8.48. The van der Waals surface area contributed by atoms with Crippen LogP contribution < -0.4 is 16.0 Å². The highest BCUT2D eigenvalue weighted by molar-refractivity contribution is 7.80. The van der Waals surface area contributed by atoms with Gasteiger partial charge in [0.2, 0.25) is 0 Å². The van der Waals surface area contributed by atoms with Crippen LogP contribution in [-0.4, -0.2) is 86.4 Å². The zero-order valence-electron chi connectivity index (χ0n) is 24.9. The highest BCUT2D eigenvalue weighted by Gasteiger charge is 2.37. The number of rotatable bonds is 9. The lowest BCUT2D eigenvalue weighted by molar-refractivity contribution is -0.137. The van der Waals surface area contributed by atoms with E-state index >= 15 is 0 Å². The molecule has 10 heteroatoms. The van der Waals surface area contributed by atoms with Crippen molar-refractivity contribution in [1.29, 1.82) is 0 Å². The molecule has 1 aliphatic carbocycles. The van der Waals surface area contributed by atoms with Crippen molar-refractivity contribution in [3.63, 3.8) is 0 Å². The fraction of sp³-hybridized carbons (Fsp3) is 0.581. The zero-order chi connectivity index (χ0) is 29.4. The van der Waals surface area contributed by atoms with Crippen molar-refractivity contribution in [3.05, 3.63) is 52.4 Å². The maximum atomic E-state index is 12.8. The van der Waals surface area contributed by atoms with E-state index in [0.29, 0.717) is 27.7 Å². The average molecular weight is 584 g/mol. The number of allylic oxidation sites excluding steroid dienone is 2. The molecule has 1 saturated heterocycles. The maximum Gasteiger partial charge on any atom is 0.336 e. The van der Waals surface area contributed by atoms with Crippen LogP contribution in [0.15, 0.2) is 46.8 Å². The fourth-order valence-electron chi connectivity index (χ4n) is 6.36. The van der Waals surface area contributed by atoms with Gasteiger partial charge in [0.1, 0.15) is 0 Å². The second-order valence-electron chi connectivity index (χ2n) is 11.1. The number of hydrogen-bond acceptors (Lipinski definition) is 8. The summed E-state index contributed by atoms with van der Waals surface area (Å²) in [7, 11) is 2.67. The number of carbonyl (C=O) groups is 2. The van der Waals surface area contributed by atoms with Crippen LogP contribution in [0.2, 0.25) is 0 Å². The third-order valence-corrected chi connectivity index (χ3v) is 8.73. The molecule has 0 aromatic heterocycles. The first-order chi connectivity index (χ1) is 19.8. The van der Waals surface area contributed by atoms with Crippen molar-refractivity contribution in [2.24, 2.45) is 0 Å². The molecule has 3 aliphatic rings. The van der Waals surface area contributed by atoms with Gasteiger partial charge in [-0.25, -0.2) is 9.59 Å². The molecule has 1 aromatic carbocycles. The number of carbonyl (C=O) groups excluding carboxylic acids is 2. The number of nitrogens with zero attached hydrogens (tertiary/aromatic N) is 2. The first kappa shape index (κ1) is 31.0. The van der Waals surface area contributed by atoms with Crippen LogP contribution in [0.1, 0.15) is 63.9 Å². The van der Waals surface area contributed by atoms with Gasteiger partial charge in [-0.15, -0.1) is 0 Å². The molecule has 0 unspecified atom stereocenters. The topological polar surface area (TPSA) is 95.2 Å².